The van der Waals surface area contributed by atoms with Gasteiger partial charge in [0.2, 0.25) is 0 Å². The molecular formula is C22H36N4O2. The summed E-state index contributed by atoms with van der Waals surface area (Å²) in [4.78, 5) is 9.40. The Hall–Kier alpha value is -1.79. The van der Waals surface area contributed by atoms with Crippen LogP contribution in [0.5, 0.6) is 5.75 Å². The number of guanidine groups is 1. The number of methoxy groups -OCH3 is 1. The van der Waals surface area contributed by atoms with E-state index in [1.165, 1.54) is 37.7 Å². The summed E-state index contributed by atoms with van der Waals surface area (Å²) in [6.07, 6.45) is 6.52. The third-order valence-corrected chi connectivity index (χ3v) is 6.19. The standard InChI is InChI=1S/C22H36N4O2/c1-23-21(25(2)17-19-7-9-20(27-3)10-8-19)24-18-22(11-5-4-6-12-22)26-13-15-28-16-14-26/h7-10H,4-6,11-18H2,1-3H3,(H,23,24). The van der Waals surface area contributed by atoms with E-state index < -0.39 is 0 Å². The molecule has 0 atom stereocenters. The molecule has 1 N–H and O–H groups in total. The lowest BCUT2D eigenvalue weighted by Gasteiger charge is -2.48. The van der Waals surface area contributed by atoms with Crippen molar-refractivity contribution in [2.75, 3.05) is 54.1 Å². The van der Waals surface area contributed by atoms with Crippen molar-refractivity contribution < 1.29 is 9.47 Å². The first-order chi connectivity index (χ1) is 13.7. The van der Waals surface area contributed by atoms with Gasteiger partial charge < -0.3 is 19.7 Å². The summed E-state index contributed by atoms with van der Waals surface area (Å²) in [5, 5.41) is 3.69. The molecule has 1 heterocycles. The van der Waals surface area contributed by atoms with Gasteiger partial charge in [-0.25, -0.2) is 0 Å². The first kappa shape index (κ1) is 20.9. The van der Waals surface area contributed by atoms with Gasteiger partial charge in [-0.1, -0.05) is 31.4 Å². The predicted molar refractivity (Wildman–Crippen MR) is 114 cm³/mol. The van der Waals surface area contributed by atoms with Crippen molar-refractivity contribution >= 4 is 5.96 Å². The Kier molecular flexibility index (Phi) is 7.57. The van der Waals surface area contributed by atoms with Gasteiger partial charge in [-0.3, -0.25) is 9.89 Å². The van der Waals surface area contributed by atoms with E-state index in [9.17, 15) is 0 Å². The minimum atomic E-state index is 0.235. The Morgan fingerprint density at radius 3 is 2.46 bits per heavy atom. The number of nitrogens with zero attached hydrogens (tertiary/aromatic N) is 3. The highest BCUT2D eigenvalue weighted by molar-refractivity contribution is 5.79. The number of ether oxygens (including phenoxy) is 2. The maximum Gasteiger partial charge on any atom is 0.193 e. The third kappa shape index (κ3) is 5.17. The van der Waals surface area contributed by atoms with Crippen LogP contribution in [0.4, 0.5) is 0 Å². The second-order valence-electron chi connectivity index (χ2n) is 7.99. The van der Waals surface area contributed by atoms with E-state index >= 15 is 0 Å². The second kappa shape index (κ2) is 10.1. The van der Waals surface area contributed by atoms with E-state index in [4.69, 9.17) is 9.47 Å². The zero-order chi connectivity index (χ0) is 19.8. The van der Waals surface area contributed by atoms with Gasteiger partial charge in [0.05, 0.1) is 20.3 Å². The van der Waals surface area contributed by atoms with Crippen molar-refractivity contribution in [3.8, 4) is 5.75 Å². The molecule has 6 heteroatoms. The molecular weight excluding hydrogens is 352 g/mol. The number of benzene rings is 1. The Morgan fingerprint density at radius 2 is 1.86 bits per heavy atom. The van der Waals surface area contributed by atoms with Crippen LogP contribution in [0.3, 0.4) is 0 Å². The molecule has 1 aliphatic carbocycles. The lowest BCUT2D eigenvalue weighted by molar-refractivity contribution is -0.0354. The van der Waals surface area contributed by atoms with Crippen LogP contribution in [-0.2, 0) is 11.3 Å². The highest BCUT2D eigenvalue weighted by Gasteiger charge is 2.38. The monoisotopic (exact) mass is 388 g/mol. The summed E-state index contributed by atoms with van der Waals surface area (Å²) < 4.78 is 10.9. The Balaban J connectivity index is 1.61. The summed E-state index contributed by atoms with van der Waals surface area (Å²) >= 11 is 0. The highest BCUT2D eigenvalue weighted by Crippen LogP contribution is 2.33. The van der Waals surface area contributed by atoms with Crippen molar-refractivity contribution in [2.45, 2.75) is 44.2 Å². The number of nitrogens with one attached hydrogen (secondary N) is 1. The van der Waals surface area contributed by atoms with Gasteiger partial charge in [-0.2, -0.15) is 0 Å². The Morgan fingerprint density at radius 1 is 1.18 bits per heavy atom. The van der Waals surface area contributed by atoms with Crippen LogP contribution in [-0.4, -0.2) is 75.4 Å². The molecule has 1 saturated carbocycles. The summed E-state index contributed by atoms with van der Waals surface area (Å²) in [5.74, 6) is 1.84. The predicted octanol–water partition coefficient (Wildman–Crippen LogP) is 2.74. The molecule has 0 aromatic heterocycles. The zero-order valence-electron chi connectivity index (χ0n) is 17.7. The van der Waals surface area contributed by atoms with Gasteiger partial charge in [0.1, 0.15) is 5.75 Å². The van der Waals surface area contributed by atoms with Crippen molar-refractivity contribution in [2.24, 2.45) is 4.99 Å². The first-order valence-electron chi connectivity index (χ1n) is 10.5. The van der Waals surface area contributed by atoms with Crippen LogP contribution in [0.1, 0.15) is 37.7 Å². The van der Waals surface area contributed by atoms with E-state index in [0.29, 0.717) is 0 Å². The van der Waals surface area contributed by atoms with Gasteiger partial charge >= 0.3 is 0 Å². The molecule has 6 nitrogen and oxygen atoms in total. The smallest absolute Gasteiger partial charge is 0.193 e. The number of hydrogen-bond donors (Lipinski definition) is 1. The van der Waals surface area contributed by atoms with Crippen LogP contribution in [0, 0.1) is 0 Å². The van der Waals surface area contributed by atoms with E-state index in [0.717, 1.165) is 51.1 Å². The van der Waals surface area contributed by atoms with Crippen molar-refractivity contribution in [1.82, 2.24) is 15.1 Å². The van der Waals surface area contributed by atoms with Crippen molar-refractivity contribution in [3.05, 3.63) is 29.8 Å². The summed E-state index contributed by atoms with van der Waals surface area (Å²) in [6.45, 7) is 5.56. The fourth-order valence-corrected chi connectivity index (χ4v) is 4.56. The molecule has 1 aliphatic heterocycles. The molecule has 28 heavy (non-hydrogen) atoms. The molecule has 1 aromatic rings. The zero-order valence-corrected chi connectivity index (χ0v) is 17.7. The number of hydrogen-bond acceptors (Lipinski definition) is 4. The molecule has 0 unspecified atom stereocenters. The molecule has 0 amide bonds. The number of rotatable bonds is 6. The van der Waals surface area contributed by atoms with Gasteiger partial charge in [0, 0.05) is 45.8 Å². The Bertz CT molecular complexity index is 620. The van der Waals surface area contributed by atoms with Gasteiger partial charge in [-0.15, -0.1) is 0 Å². The molecule has 2 fully saturated rings. The average Bonchev–Trinajstić information content (AvgIpc) is 2.76. The topological polar surface area (TPSA) is 49.3 Å². The fraction of sp³-hybridized carbons (Fsp3) is 0.682. The van der Waals surface area contributed by atoms with Crippen LogP contribution in [0.2, 0.25) is 0 Å². The number of aliphatic imine (C=N–C) groups is 1. The van der Waals surface area contributed by atoms with Gasteiger partial charge in [0.15, 0.2) is 5.96 Å². The molecule has 2 aliphatic rings. The van der Waals surface area contributed by atoms with Crippen molar-refractivity contribution in [3.63, 3.8) is 0 Å². The minimum Gasteiger partial charge on any atom is -0.497 e. The molecule has 156 valence electrons. The lowest BCUT2D eigenvalue weighted by atomic mass is 9.80. The molecule has 0 bridgehead atoms. The van der Waals surface area contributed by atoms with Gasteiger partial charge in [-0.05, 0) is 30.5 Å². The number of morpholine rings is 1. The van der Waals surface area contributed by atoms with Crippen LogP contribution in [0.15, 0.2) is 29.3 Å². The molecule has 0 spiro atoms. The van der Waals surface area contributed by atoms with Crippen LogP contribution >= 0.6 is 0 Å². The molecule has 3 rings (SSSR count). The van der Waals surface area contributed by atoms with Crippen LogP contribution in [0.25, 0.3) is 0 Å². The Labute approximate surface area is 169 Å². The van der Waals surface area contributed by atoms with Crippen LogP contribution < -0.4 is 10.1 Å². The molecule has 1 saturated heterocycles. The average molecular weight is 389 g/mol. The SMILES string of the molecule is CN=C(NCC1(N2CCOCC2)CCCCC1)N(C)Cc1ccc(OC)cc1. The lowest BCUT2D eigenvalue weighted by Crippen LogP contribution is -2.60. The van der Waals surface area contributed by atoms with E-state index in [1.54, 1.807) is 7.11 Å². The quantitative estimate of drug-likeness (QED) is 0.600. The van der Waals surface area contributed by atoms with Gasteiger partial charge in [0.25, 0.3) is 0 Å². The molecule has 0 radical (unpaired) electrons. The minimum absolute atomic E-state index is 0.235. The maximum atomic E-state index is 5.60. The van der Waals surface area contributed by atoms with E-state index in [-0.39, 0.29) is 5.54 Å². The van der Waals surface area contributed by atoms with E-state index in [2.05, 4.69) is 39.3 Å². The summed E-state index contributed by atoms with van der Waals surface area (Å²) in [7, 11) is 5.67. The molecule has 1 aromatic carbocycles. The summed E-state index contributed by atoms with van der Waals surface area (Å²) in [6, 6.07) is 8.24. The van der Waals surface area contributed by atoms with Crippen molar-refractivity contribution in [1.29, 1.82) is 0 Å². The maximum absolute atomic E-state index is 5.60. The normalized spacial score (nSPS) is 20.6. The third-order valence-electron chi connectivity index (χ3n) is 6.19. The highest BCUT2D eigenvalue weighted by atomic mass is 16.5. The van der Waals surface area contributed by atoms with E-state index in [1.807, 2.05) is 19.2 Å². The second-order valence-corrected chi connectivity index (χ2v) is 7.99. The fourth-order valence-electron chi connectivity index (χ4n) is 4.56. The first-order valence-corrected chi connectivity index (χ1v) is 10.5. The summed E-state index contributed by atoms with van der Waals surface area (Å²) in [5.41, 5.74) is 1.48. The largest absolute Gasteiger partial charge is 0.497 e.